The number of aryl methyl sites for hydroxylation is 1. The summed E-state index contributed by atoms with van der Waals surface area (Å²) in [6.07, 6.45) is 3.54. The van der Waals surface area contributed by atoms with Gasteiger partial charge in [-0.2, -0.15) is 0 Å². The summed E-state index contributed by atoms with van der Waals surface area (Å²) in [4.78, 5) is 47.1. The van der Waals surface area contributed by atoms with Gasteiger partial charge in [0.25, 0.3) is 5.91 Å². The van der Waals surface area contributed by atoms with Gasteiger partial charge >= 0.3 is 6.03 Å². The first kappa shape index (κ1) is 29.6. The predicted octanol–water partition coefficient (Wildman–Crippen LogP) is 5.38. The Morgan fingerprint density at radius 1 is 0.933 bits per heavy atom. The summed E-state index contributed by atoms with van der Waals surface area (Å²) in [5.41, 5.74) is 5.29. The number of halogens is 1. The third kappa shape index (κ3) is 6.41. The molecular weight excluding hydrogens is 575 g/mol. The van der Waals surface area contributed by atoms with E-state index in [0.29, 0.717) is 65.8 Å². The van der Waals surface area contributed by atoms with E-state index < -0.39 is 11.8 Å². The van der Waals surface area contributed by atoms with Gasteiger partial charge < -0.3 is 25.2 Å². The van der Waals surface area contributed by atoms with Crippen LogP contribution in [-0.4, -0.2) is 77.2 Å². The standard InChI is InChI=1S/C33H31FN8O3/c1-20-25(5-4-12-35-20)23-18-28-29(36-19-23)31(42-13-15-45-16-14-42)40-30(38-28)22-8-11-27(26(34)17-22)39-33(44)37-24-9-6-21(7-10-24)32(43)41(2)3/h4-12,17-19H,13-16H2,1-3H3,(H2,37,39,44). The summed E-state index contributed by atoms with van der Waals surface area (Å²) in [5, 5.41) is 5.19. The highest BCUT2D eigenvalue weighted by atomic mass is 19.1. The number of pyridine rings is 2. The van der Waals surface area contributed by atoms with Crippen LogP contribution in [0.4, 0.5) is 26.4 Å². The maximum atomic E-state index is 15.4. The van der Waals surface area contributed by atoms with Gasteiger partial charge in [-0.15, -0.1) is 0 Å². The number of ether oxygens (including phenoxy) is 1. The summed E-state index contributed by atoms with van der Waals surface area (Å²) in [6.45, 7) is 4.33. The molecule has 0 bridgehead atoms. The van der Waals surface area contributed by atoms with Crippen molar-refractivity contribution in [2.24, 2.45) is 0 Å². The van der Waals surface area contributed by atoms with Crippen LogP contribution in [0.1, 0.15) is 16.1 Å². The quantitative estimate of drug-likeness (QED) is 0.264. The lowest BCUT2D eigenvalue weighted by atomic mass is 10.1. The van der Waals surface area contributed by atoms with Crippen LogP contribution in [0.25, 0.3) is 33.5 Å². The molecule has 0 aliphatic carbocycles. The van der Waals surface area contributed by atoms with Crippen LogP contribution in [0.2, 0.25) is 0 Å². The van der Waals surface area contributed by atoms with Crippen molar-refractivity contribution >= 4 is 40.2 Å². The lowest BCUT2D eigenvalue weighted by Gasteiger charge is -2.28. The van der Waals surface area contributed by atoms with Crippen LogP contribution >= 0.6 is 0 Å². The molecule has 1 aliphatic rings. The Bertz CT molecular complexity index is 1890. The number of nitrogens with zero attached hydrogens (tertiary/aromatic N) is 6. The van der Waals surface area contributed by atoms with E-state index in [1.54, 1.807) is 56.8 Å². The van der Waals surface area contributed by atoms with Crippen molar-refractivity contribution in [2.75, 3.05) is 55.9 Å². The number of urea groups is 1. The zero-order chi connectivity index (χ0) is 31.5. The van der Waals surface area contributed by atoms with Gasteiger partial charge in [-0.05, 0) is 61.5 Å². The summed E-state index contributed by atoms with van der Waals surface area (Å²) in [6, 6.07) is 16.0. The van der Waals surface area contributed by atoms with Crippen LogP contribution in [-0.2, 0) is 4.74 Å². The minimum atomic E-state index is -0.649. The van der Waals surface area contributed by atoms with Crippen molar-refractivity contribution in [2.45, 2.75) is 6.92 Å². The number of hydrogen-bond acceptors (Lipinski definition) is 8. The monoisotopic (exact) mass is 606 g/mol. The molecule has 4 heterocycles. The molecule has 5 aromatic rings. The molecule has 1 aliphatic heterocycles. The molecule has 6 rings (SSSR count). The molecule has 0 spiro atoms. The van der Waals surface area contributed by atoms with Crippen molar-refractivity contribution in [1.29, 1.82) is 0 Å². The number of hydrogen-bond donors (Lipinski definition) is 2. The first-order valence-corrected chi connectivity index (χ1v) is 14.4. The minimum absolute atomic E-state index is 0.0131. The zero-order valence-electron chi connectivity index (χ0n) is 25.0. The third-order valence-corrected chi connectivity index (χ3v) is 7.42. The second-order valence-corrected chi connectivity index (χ2v) is 10.7. The average molecular weight is 607 g/mol. The predicted molar refractivity (Wildman–Crippen MR) is 171 cm³/mol. The fourth-order valence-corrected chi connectivity index (χ4v) is 5.06. The fourth-order valence-electron chi connectivity index (χ4n) is 5.06. The first-order valence-electron chi connectivity index (χ1n) is 14.4. The van der Waals surface area contributed by atoms with Gasteiger partial charge in [0.05, 0.1) is 24.4 Å². The Balaban J connectivity index is 1.28. The Morgan fingerprint density at radius 3 is 2.42 bits per heavy atom. The van der Waals surface area contributed by atoms with Gasteiger partial charge in [-0.3, -0.25) is 14.8 Å². The molecule has 2 N–H and O–H groups in total. The second kappa shape index (κ2) is 12.6. The number of rotatable bonds is 6. The first-order chi connectivity index (χ1) is 21.8. The van der Waals surface area contributed by atoms with E-state index in [1.165, 1.54) is 17.0 Å². The smallest absolute Gasteiger partial charge is 0.323 e. The highest BCUT2D eigenvalue weighted by molar-refractivity contribution is 6.00. The van der Waals surface area contributed by atoms with Crippen molar-refractivity contribution in [3.8, 4) is 22.5 Å². The summed E-state index contributed by atoms with van der Waals surface area (Å²) < 4.78 is 20.9. The van der Waals surface area contributed by atoms with E-state index in [2.05, 4.69) is 20.5 Å². The van der Waals surface area contributed by atoms with Gasteiger partial charge in [0.15, 0.2) is 11.6 Å². The number of benzene rings is 2. The number of nitrogens with one attached hydrogen (secondary N) is 2. The molecule has 2 aromatic carbocycles. The number of carbonyl (C=O) groups is 2. The molecular formula is C33H31FN8O3. The minimum Gasteiger partial charge on any atom is -0.378 e. The van der Waals surface area contributed by atoms with Gasteiger partial charge in [0.1, 0.15) is 11.3 Å². The Hall–Kier alpha value is -5.49. The molecule has 3 aromatic heterocycles. The Kier molecular flexibility index (Phi) is 8.30. The van der Waals surface area contributed by atoms with Gasteiger partial charge in [0, 0.05) is 73.2 Å². The maximum absolute atomic E-state index is 15.4. The summed E-state index contributed by atoms with van der Waals surface area (Å²) in [5.74, 6) is 0.172. The zero-order valence-corrected chi connectivity index (χ0v) is 25.0. The SMILES string of the molecule is Cc1ncccc1-c1cnc2c(N3CCOCC3)nc(-c3ccc(NC(=O)Nc4ccc(C(=O)N(C)C)cc4)c(F)c3)nc2c1. The Labute approximate surface area is 259 Å². The fraction of sp³-hybridized carbons (Fsp3) is 0.212. The van der Waals surface area contributed by atoms with Crippen LogP contribution in [0.15, 0.2) is 73.1 Å². The van der Waals surface area contributed by atoms with E-state index in [-0.39, 0.29) is 11.6 Å². The molecule has 0 atom stereocenters. The molecule has 0 saturated carbocycles. The molecule has 12 heteroatoms. The number of morpholine rings is 1. The molecule has 11 nitrogen and oxygen atoms in total. The highest BCUT2D eigenvalue weighted by Crippen LogP contribution is 2.31. The van der Waals surface area contributed by atoms with E-state index in [9.17, 15) is 9.59 Å². The van der Waals surface area contributed by atoms with Crippen LogP contribution < -0.4 is 15.5 Å². The van der Waals surface area contributed by atoms with Gasteiger partial charge in [-0.25, -0.2) is 19.2 Å². The van der Waals surface area contributed by atoms with Crippen molar-refractivity contribution in [3.05, 3.63) is 90.1 Å². The normalized spacial score (nSPS) is 13.0. The van der Waals surface area contributed by atoms with E-state index in [4.69, 9.17) is 19.7 Å². The van der Waals surface area contributed by atoms with Crippen molar-refractivity contribution in [3.63, 3.8) is 0 Å². The van der Waals surface area contributed by atoms with Crippen LogP contribution in [0, 0.1) is 12.7 Å². The number of anilines is 3. The molecule has 3 amide bonds. The average Bonchev–Trinajstić information content (AvgIpc) is 3.05. The van der Waals surface area contributed by atoms with Crippen LogP contribution in [0.5, 0.6) is 0 Å². The lowest BCUT2D eigenvalue weighted by molar-refractivity contribution is 0.0827. The number of amides is 3. The summed E-state index contributed by atoms with van der Waals surface area (Å²) in [7, 11) is 3.32. The molecule has 0 unspecified atom stereocenters. The lowest BCUT2D eigenvalue weighted by Crippen LogP contribution is -2.37. The molecule has 1 fully saturated rings. The molecule has 0 radical (unpaired) electrons. The number of fused-ring (bicyclic) bond motifs is 1. The van der Waals surface area contributed by atoms with Gasteiger partial charge in [0.2, 0.25) is 0 Å². The third-order valence-electron chi connectivity index (χ3n) is 7.42. The van der Waals surface area contributed by atoms with Crippen LogP contribution in [0.3, 0.4) is 0 Å². The van der Waals surface area contributed by atoms with E-state index in [1.807, 2.05) is 25.1 Å². The molecule has 228 valence electrons. The second-order valence-electron chi connectivity index (χ2n) is 10.7. The van der Waals surface area contributed by atoms with Crippen molar-refractivity contribution < 1.29 is 18.7 Å². The maximum Gasteiger partial charge on any atom is 0.323 e. The van der Waals surface area contributed by atoms with Gasteiger partial charge in [-0.1, -0.05) is 6.07 Å². The highest BCUT2D eigenvalue weighted by Gasteiger charge is 2.21. The largest absolute Gasteiger partial charge is 0.378 e. The Morgan fingerprint density at radius 2 is 1.71 bits per heavy atom. The molecule has 45 heavy (non-hydrogen) atoms. The number of carbonyl (C=O) groups excluding carboxylic acids is 2. The van der Waals surface area contributed by atoms with E-state index >= 15 is 4.39 Å². The van der Waals surface area contributed by atoms with Crippen molar-refractivity contribution in [1.82, 2.24) is 24.8 Å². The van der Waals surface area contributed by atoms with E-state index in [0.717, 1.165) is 16.8 Å². The summed E-state index contributed by atoms with van der Waals surface area (Å²) >= 11 is 0. The number of aromatic nitrogens is 4. The molecule has 1 saturated heterocycles. The topological polar surface area (TPSA) is 125 Å².